The van der Waals surface area contributed by atoms with Gasteiger partial charge in [-0.2, -0.15) is 5.26 Å². The average Bonchev–Trinajstić information content (AvgIpc) is 2.37. The van der Waals surface area contributed by atoms with E-state index in [1.54, 1.807) is 38.2 Å². The SMILES string of the molecule is CC(C#N)CN(C)C(=O)COc1ccc(N)cc1. The van der Waals surface area contributed by atoms with Gasteiger partial charge in [0, 0.05) is 19.3 Å². The second kappa shape index (κ2) is 6.50. The van der Waals surface area contributed by atoms with Crippen LogP contribution in [-0.2, 0) is 4.79 Å². The van der Waals surface area contributed by atoms with Crippen LogP contribution in [0.5, 0.6) is 5.75 Å². The standard InChI is InChI=1S/C13H17N3O2/c1-10(7-14)8-16(2)13(17)9-18-12-5-3-11(15)4-6-12/h3-6,10H,8-9,15H2,1-2H3. The predicted molar refractivity (Wildman–Crippen MR) is 68.8 cm³/mol. The minimum Gasteiger partial charge on any atom is -0.484 e. The molecule has 96 valence electrons. The van der Waals surface area contributed by atoms with E-state index in [1.807, 2.05) is 0 Å². The normalized spacial score (nSPS) is 11.4. The summed E-state index contributed by atoms with van der Waals surface area (Å²) in [6.07, 6.45) is 0. The number of carbonyl (C=O) groups is 1. The van der Waals surface area contributed by atoms with Gasteiger partial charge in [-0.05, 0) is 31.2 Å². The van der Waals surface area contributed by atoms with E-state index >= 15 is 0 Å². The van der Waals surface area contributed by atoms with Crippen molar-refractivity contribution in [1.29, 1.82) is 5.26 Å². The Labute approximate surface area is 107 Å². The Hall–Kier alpha value is -2.22. The number of nitrogens with two attached hydrogens (primary N) is 1. The maximum absolute atomic E-state index is 11.7. The zero-order chi connectivity index (χ0) is 13.5. The lowest BCUT2D eigenvalue weighted by atomic mass is 10.2. The van der Waals surface area contributed by atoms with Gasteiger partial charge in [0.05, 0.1) is 12.0 Å². The third-order valence-corrected chi connectivity index (χ3v) is 2.44. The molecule has 0 aliphatic rings. The molecule has 0 aliphatic heterocycles. The number of benzene rings is 1. The first kappa shape index (κ1) is 13.8. The Morgan fingerprint density at radius 1 is 1.50 bits per heavy atom. The van der Waals surface area contributed by atoms with Crippen molar-refractivity contribution in [2.24, 2.45) is 5.92 Å². The molecule has 5 heteroatoms. The fraction of sp³-hybridized carbons (Fsp3) is 0.385. The van der Waals surface area contributed by atoms with Crippen LogP contribution in [0.15, 0.2) is 24.3 Å². The van der Waals surface area contributed by atoms with Crippen molar-refractivity contribution in [3.05, 3.63) is 24.3 Å². The van der Waals surface area contributed by atoms with E-state index in [-0.39, 0.29) is 18.4 Å². The van der Waals surface area contributed by atoms with E-state index in [0.29, 0.717) is 18.0 Å². The fourth-order valence-electron chi connectivity index (χ4n) is 1.37. The van der Waals surface area contributed by atoms with Gasteiger partial charge in [-0.3, -0.25) is 4.79 Å². The van der Waals surface area contributed by atoms with Crippen LogP contribution in [0.4, 0.5) is 5.69 Å². The molecule has 0 fully saturated rings. The predicted octanol–water partition coefficient (Wildman–Crippen LogP) is 1.27. The lowest BCUT2D eigenvalue weighted by Crippen LogP contribution is -2.34. The third kappa shape index (κ3) is 4.34. The summed E-state index contributed by atoms with van der Waals surface area (Å²) in [5, 5.41) is 8.67. The quantitative estimate of drug-likeness (QED) is 0.794. The van der Waals surface area contributed by atoms with Crippen LogP contribution < -0.4 is 10.5 Å². The number of amides is 1. The van der Waals surface area contributed by atoms with Crippen LogP contribution in [0.3, 0.4) is 0 Å². The van der Waals surface area contributed by atoms with Gasteiger partial charge in [-0.1, -0.05) is 0 Å². The number of nitrogens with zero attached hydrogens (tertiary/aromatic N) is 2. The van der Waals surface area contributed by atoms with E-state index in [0.717, 1.165) is 0 Å². The molecule has 0 bridgehead atoms. The Balaban J connectivity index is 2.41. The molecule has 1 aromatic carbocycles. The molecule has 18 heavy (non-hydrogen) atoms. The van der Waals surface area contributed by atoms with E-state index in [1.165, 1.54) is 4.90 Å². The van der Waals surface area contributed by atoms with Crippen LogP contribution in [0.2, 0.25) is 0 Å². The summed E-state index contributed by atoms with van der Waals surface area (Å²) < 4.78 is 5.33. The molecule has 1 atom stereocenters. The molecule has 2 N–H and O–H groups in total. The molecule has 0 aromatic heterocycles. The summed E-state index contributed by atoms with van der Waals surface area (Å²) in [6.45, 7) is 2.13. The number of nitrogen functional groups attached to an aromatic ring is 1. The zero-order valence-electron chi connectivity index (χ0n) is 10.6. The lowest BCUT2D eigenvalue weighted by molar-refractivity contribution is -0.132. The molecule has 1 rings (SSSR count). The zero-order valence-corrected chi connectivity index (χ0v) is 10.6. The number of nitriles is 1. The molecule has 0 radical (unpaired) electrons. The van der Waals surface area contributed by atoms with E-state index < -0.39 is 0 Å². The molecule has 0 spiro atoms. The van der Waals surface area contributed by atoms with Crippen LogP contribution in [0.25, 0.3) is 0 Å². The lowest BCUT2D eigenvalue weighted by Gasteiger charge is -2.18. The highest BCUT2D eigenvalue weighted by Gasteiger charge is 2.12. The molecule has 0 heterocycles. The van der Waals surface area contributed by atoms with Gasteiger partial charge in [0.2, 0.25) is 0 Å². The van der Waals surface area contributed by atoms with Crippen molar-refractivity contribution < 1.29 is 9.53 Å². The van der Waals surface area contributed by atoms with Gasteiger partial charge in [-0.25, -0.2) is 0 Å². The van der Waals surface area contributed by atoms with Crippen molar-refractivity contribution >= 4 is 11.6 Å². The highest BCUT2D eigenvalue weighted by Crippen LogP contribution is 2.13. The maximum Gasteiger partial charge on any atom is 0.260 e. The fourth-order valence-corrected chi connectivity index (χ4v) is 1.37. The van der Waals surface area contributed by atoms with E-state index in [9.17, 15) is 4.79 Å². The summed E-state index contributed by atoms with van der Waals surface area (Å²) in [6, 6.07) is 8.92. The van der Waals surface area contributed by atoms with Gasteiger partial charge in [0.25, 0.3) is 5.91 Å². The van der Waals surface area contributed by atoms with Crippen LogP contribution in [0.1, 0.15) is 6.92 Å². The van der Waals surface area contributed by atoms with Crippen molar-refractivity contribution in [3.8, 4) is 11.8 Å². The minimum atomic E-state index is -0.185. The number of anilines is 1. The third-order valence-electron chi connectivity index (χ3n) is 2.44. The Bertz CT molecular complexity index is 437. The first-order valence-electron chi connectivity index (χ1n) is 5.65. The minimum absolute atomic E-state index is 0.0431. The van der Waals surface area contributed by atoms with Crippen LogP contribution in [-0.4, -0.2) is 31.0 Å². The van der Waals surface area contributed by atoms with E-state index in [2.05, 4.69) is 6.07 Å². The molecule has 1 amide bonds. The number of hydrogen-bond acceptors (Lipinski definition) is 4. The number of carbonyl (C=O) groups excluding carboxylic acids is 1. The second-order valence-electron chi connectivity index (χ2n) is 4.16. The van der Waals surface area contributed by atoms with Gasteiger partial charge >= 0.3 is 0 Å². The number of ether oxygens (including phenoxy) is 1. The Morgan fingerprint density at radius 3 is 2.67 bits per heavy atom. The van der Waals surface area contributed by atoms with Crippen molar-refractivity contribution in [3.63, 3.8) is 0 Å². The number of hydrogen-bond donors (Lipinski definition) is 1. The summed E-state index contributed by atoms with van der Waals surface area (Å²) in [5.41, 5.74) is 6.19. The molecule has 0 saturated heterocycles. The summed E-state index contributed by atoms with van der Waals surface area (Å²) in [4.78, 5) is 13.2. The molecular weight excluding hydrogens is 230 g/mol. The largest absolute Gasteiger partial charge is 0.484 e. The highest BCUT2D eigenvalue weighted by molar-refractivity contribution is 5.77. The summed E-state index contributed by atoms with van der Waals surface area (Å²) >= 11 is 0. The topological polar surface area (TPSA) is 79.3 Å². The van der Waals surface area contributed by atoms with Crippen molar-refractivity contribution in [2.45, 2.75) is 6.92 Å². The molecule has 0 aliphatic carbocycles. The molecule has 0 saturated carbocycles. The van der Waals surface area contributed by atoms with E-state index in [4.69, 9.17) is 15.7 Å². The van der Waals surface area contributed by atoms with Gasteiger partial charge in [-0.15, -0.1) is 0 Å². The van der Waals surface area contributed by atoms with Crippen molar-refractivity contribution in [2.75, 3.05) is 25.9 Å². The smallest absolute Gasteiger partial charge is 0.260 e. The second-order valence-corrected chi connectivity index (χ2v) is 4.16. The number of rotatable bonds is 5. The molecule has 1 unspecified atom stereocenters. The highest BCUT2D eigenvalue weighted by atomic mass is 16.5. The van der Waals surface area contributed by atoms with Crippen LogP contribution in [0, 0.1) is 17.2 Å². The average molecular weight is 247 g/mol. The van der Waals surface area contributed by atoms with Gasteiger partial charge in [0.1, 0.15) is 5.75 Å². The van der Waals surface area contributed by atoms with Crippen molar-refractivity contribution in [1.82, 2.24) is 4.90 Å². The maximum atomic E-state index is 11.7. The monoisotopic (exact) mass is 247 g/mol. The van der Waals surface area contributed by atoms with Gasteiger partial charge in [0.15, 0.2) is 6.61 Å². The molecular formula is C13H17N3O2. The summed E-state index contributed by atoms with van der Waals surface area (Å²) in [5.74, 6) is 0.253. The Morgan fingerprint density at radius 2 is 2.11 bits per heavy atom. The first-order valence-corrected chi connectivity index (χ1v) is 5.65. The number of likely N-dealkylation sites (N-methyl/N-ethyl adjacent to an activating group) is 1. The molecule has 5 nitrogen and oxygen atoms in total. The molecule has 1 aromatic rings. The van der Waals surface area contributed by atoms with Gasteiger partial charge < -0.3 is 15.4 Å². The van der Waals surface area contributed by atoms with Crippen LogP contribution >= 0.6 is 0 Å². The first-order chi connectivity index (χ1) is 8.52. The Kier molecular flexibility index (Phi) is 5.00. The summed E-state index contributed by atoms with van der Waals surface area (Å²) in [7, 11) is 1.66.